The quantitative estimate of drug-likeness (QED) is 0.757. The third-order valence-corrected chi connectivity index (χ3v) is 3.41. The van der Waals surface area contributed by atoms with Gasteiger partial charge in [-0.05, 0) is 29.8 Å². The summed E-state index contributed by atoms with van der Waals surface area (Å²) in [5.41, 5.74) is 8.93. The van der Waals surface area contributed by atoms with Crippen LogP contribution in [0.1, 0.15) is 11.7 Å². The van der Waals surface area contributed by atoms with Gasteiger partial charge >= 0.3 is 0 Å². The van der Waals surface area contributed by atoms with Crippen molar-refractivity contribution in [3.8, 4) is 11.5 Å². The van der Waals surface area contributed by atoms with Gasteiger partial charge in [0, 0.05) is 19.8 Å². The lowest BCUT2D eigenvalue weighted by Crippen LogP contribution is -2.11. The lowest BCUT2D eigenvalue weighted by Gasteiger charge is -2.07. The normalized spacial score (nSPS) is 12.8. The van der Waals surface area contributed by atoms with Crippen molar-refractivity contribution in [3.05, 3.63) is 48.2 Å². The lowest BCUT2D eigenvalue weighted by atomic mass is 10.1. The first-order valence-corrected chi connectivity index (χ1v) is 6.46. The molecule has 102 valence electrons. The molecule has 0 fully saturated rings. The van der Waals surface area contributed by atoms with Crippen LogP contribution in [-0.2, 0) is 7.05 Å². The first kappa shape index (κ1) is 12.8. The van der Waals surface area contributed by atoms with E-state index in [0.717, 1.165) is 28.1 Å². The van der Waals surface area contributed by atoms with Crippen LogP contribution in [0, 0.1) is 0 Å². The van der Waals surface area contributed by atoms with E-state index in [2.05, 4.69) is 9.97 Å². The number of hydrogen-bond acceptors (Lipinski definition) is 4. The van der Waals surface area contributed by atoms with E-state index in [9.17, 15) is 5.11 Å². The molecule has 3 rings (SSSR count). The summed E-state index contributed by atoms with van der Waals surface area (Å²) in [6.45, 7) is 0.200. The van der Waals surface area contributed by atoms with Gasteiger partial charge in [0.05, 0.1) is 17.1 Å². The van der Waals surface area contributed by atoms with E-state index in [1.165, 1.54) is 0 Å². The smallest absolute Gasteiger partial charge is 0.159 e. The van der Waals surface area contributed by atoms with E-state index in [0.29, 0.717) is 0 Å². The van der Waals surface area contributed by atoms with Gasteiger partial charge in [-0.15, -0.1) is 0 Å². The molecule has 2 aromatic heterocycles. The standard InChI is InChI=1S/C15H16N4O/c1-19-13-6-5-10(14(20)9-16)8-12(13)18-15(19)11-4-2-3-7-17-11/h2-8,14,20H,9,16H2,1H3. The lowest BCUT2D eigenvalue weighted by molar-refractivity contribution is 0.187. The molecule has 1 atom stereocenters. The summed E-state index contributed by atoms with van der Waals surface area (Å²) in [6, 6.07) is 11.4. The molecule has 0 spiro atoms. The van der Waals surface area contributed by atoms with Crippen LogP contribution < -0.4 is 5.73 Å². The van der Waals surface area contributed by atoms with Crippen molar-refractivity contribution in [1.82, 2.24) is 14.5 Å². The van der Waals surface area contributed by atoms with Crippen LogP contribution in [0.15, 0.2) is 42.6 Å². The van der Waals surface area contributed by atoms with Gasteiger partial charge in [0.25, 0.3) is 0 Å². The Kier molecular flexibility index (Phi) is 3.22. The molecule has 2 heterocycles. The maximum absolute atomic E-state index is 9.81. The maximum atomic E-state index is 9.81. The van der Waals surface area contributed by atoms with Gasteiger partial charge in [0.1, 0.15) is 5.69 Å². The predicted octanol–water partition coefficient (Wildman–Crippen LogP) is 1.63. The fraction of sp³-hybridized carbons (Fsp3) is 0.200. The molecule has 0 amide bonds. The van der Waals surface area contributed by atoms with E-state index in [1.807, 2.05) is 48.0 Å². The Morgan fingerprint density at radius 2 is 2.15 bits per heavy atom. The maximum Gasteiger partial charge on any atom is 0.159 e. The highest BCUT2D eigenvalue weighted by molar-refractivity contribution is 5.80. The minimum atomic E-state index is -0.653. The average molecular weight is 268 g/mol. The number of hydrogen-bond donors (Lipinski definition) is 2. The number of aryl methyl sites for hydroxylation is 1. The van der Waals surface area contributed by atoms with Crippen LogP contribution >= 0.6 is 0 Å². The fourth-order valence-corrected chi connectivity index (χ4v) is 2.28. The predicted molar refractivity (Wildman–Crippen MR) is 78.0 cm³/mol. The van der Waals surface area contributed by atoms with Crippen LogP contribution in [0.2, 0.25) is 0 Å². The van der Waals surface area contributed by atoms with Crippen LogP contribution in [0.4, 0.5) is 0 Å². The van der Waals surface area contributed by atoms with Gasteiger partial charge in [-0.2, -0.15) is 0 Å². The first-order valence-electron chi connectivity index (χ1n) is 6.46. The molecule has 0 saturated heterocycles. The highest BCUT2D eigenvalue weighted by atomic mass is 16.3. The van der Waals surface area contributed by atoms with E-state index in [4.69, 9.17) is 5.73 Å². The van der Waals surface area contributed by atoms with Gasteiger partial charge in [-0.25, -0.2) is 4.98 Å². The zero-order valence-electron chi connectivity index (χ0n) is 11.2. The summed E-state index contributed by atoms with van der Waals surface area (Å²) in [6.07, 6.45) is 1.10. The van der Waals surface area contributed by atoms with Crippen LogP contribution in [0.3, 0.4) is 0 Å². The molecule has 5 heteroatoms. The molecule has 5 nitrogen and oxygen atoms in total. The van der Waals surface area contributed by atoms with E-state index < -0.39 is 6.10 Å². The van der Waals surface area contributed by atoms with E-state index in [1.54, 1.807) is 6.20 Å². The number of aromatic nitrogens is 3. The second-order valence-corrected chi connectivity index (χ2v) is 4.71. The summed E-state index contributed by atoms with van der Waals surface area (Å²) in [5.74, 6) is 0.806. The monoisotopic (exact) mass is 268 g/mol. The van der Waals surface area contributed by atoms with E-state index >= 15 is 0 Å². The fourth-order valence-electron chi connectivity index (χ4n) is 2.28. The molecule has 20 heavy (non-hydrogen) atoms. The van der Waals surface area contributed by atoms with Crippen LogP contribution in [0.25, 0.3) is 22.6 Å². The molecule has 0 radical (unpaired) electrons. The molecule has 0 saturated carbocycles. The molecule has 0 aliphatic carbocycles. The molecular weight excluding hydrogens is 252 g/mol. The minimum absolute atomic E-state index is 0.200. The van der Waals surface area contributed by atoms with Gasteiger partial charge in [0.2, 0.25) is 0 Å². The number of imidazole rings is 1. The topological polar surface area (TPSA) is 77.0 Å². The van der Waals surface area contributed by atoms with Crippen molar-refractivity contribution in [3.63, 3.8) is 0 Å². The number of nitrogens with two attached hydrogens (primary N) is 1. The Labute approximate surface area is 116 Å². The molecular formula is C15H16N4O. The number of nitrogens with zero attached hydrogens (tertiary/aromatic N) is 3. The largest absolute Gasteiger partial charge is 0.387 e. The number of aliphatic hydroxyl groups excluding tert-OH is 1. The summed E-state index contributed by atoms with van der Waals surface area (Å²) < 4.78 is 2.00. The van der Waals surface area contributed by atoms with E-state index in [-0.39, 0.29) is 6.54 Å². The number of rotatable bonds is 3. The Morgan fingerprint density at radius 3 is 2.85 bits per heavy atom. The third-order valence-electron chi connectivity index (χ3n) is 3.41. The van der Waals surface area contributed by atoms with Crippen molar-refractivity contribution < 1.29 is 5.11 Å². The summed E-state index contributed by atoms with van der Waals surface area (Å²) in [7, 11) is 1.96. The minimum Gasteiger partial charge on any atom is -0.387 e. The Morgan fingerprint density at radius 1 is 1.30 bits per heavy atom. The summed E-state index contributed by atoms with van der Waals surface area (Å²) in [4.78, 5) is 8.93. The van der Waals surface area contributed by atoms with Gasteiger partial charge in [-0.3, -0.25) is 4.98 Å². The van der Waals surface area contributed by atoms with Crippen molar-refractivity contribution in [1.29, 1.82) is 0 Å². The summed E-state index contributed by atoms with van der Waals surface area (Å²) in [5, 5.41) is 9.81. The molecule has 0 aliphatic rings. The highest BCUT2D eigenvalue weighted by Crippen LogP contribution is 2.24. The number of benzene rings is 1. The van der Waals surface area contributed by atoms with Gasteiger partial charge < -0.3 is 15.4 Å². The zero-order valence-corrected chi connectivity index (χ0v) is 11.2. The highest BCUT2D eigenvalue weighted by Gasteiger charge is 2.13. The molecule has 1 unspecified atom stereocenters. The van der Waals surface area contributed by atoms with Crippen molar-refractivity contribution >= 4 is 11.0 Å². The average Bonchev–Trinajstić information content (AvgIpc) is 2.84. The molecule has 3 aromatic rings. The number of pyridine rings is 1. The Balaban J connectivity index is 2.15. The van der Waals surface area contributed by atoms with Gasteiger partial charge in [-0.1, -0.05) is 12.1 Å². The Hall–Kier alpha value is -2.24. The van der Waals surface area contributed by atoms with Crippen LogP contribution in [0.5, 0.6) is 0 Å². The number of fused-ring (bicyclic) bond motifs is 1. The van der Waals surface area contributed by atoms with Crippen molar-refractivity contribution in [2.75, 3.05) is 6.54 Å². The molecule has 3 N–H and O–H groups in total. The summed E-state index contributed by atoms with van der Waals surface area (Å²) >= 11 is 0. The van der Waals surface area contributed by atoms with Crippen molar-refractivity contribution in [2.24, 2.45) is 12.8 Å². The molecule has 0 aliphatic heterocycles. The van der Waals surface area contributed by atoms with Crippen molar-refractivity contribution in [2.45, 2.75) is 6.10 Å². The van der Waals surface area contributed by atoms with Gasteiger partial charge in [0.15, 0.2) is 5.82 Å². The SMILES string of the molecule is Cn1c(-c2ccccn2)nc2cc(C(O)CN)ccc21. The molecule has 0 bridgehead atoms. The number of aliphatic hydroxyl groups is 1. The zero-order chi connectivity index (χ0) is 14.1. The first-order chi connectivity index (χ1) is 9.70. The Bertz CT molecular complexity index is 736. The van der Waals surface area contributed by atoms with Crippen LogP contribution in [-0.4, -0.2) is 26.2 Å². The molecule has 1 aromatic carbocycles. The third kappa shape index (κ3) is 2.07. The second kappa shape index (κ2) is 5.03. The second-order valence-electron chi connectivity index (χ2n) is 4.71.